The van der Waals surface area contributed by atoms with Gasteiger partial charge in [0.15, 0.2) is 5.82 Å². The van der Waals surface area contributed by atoms with Crippen LogP contribution in [0.4, 0.5) is 43.9 Å². The number of nitrogens with one attached hydrogen (secondary N) is 2. The predicted octanol–water partition coefficient (Wildman–Crippen LogP) is 5.96. The molecule has 3 aromatic heterocycles. The summed E-state index contributed by atoms with van der Waals surface area (Å²) in [5, 5.41) is 8.45. The highest BCUT2D eigenvalue weighted by molar-refractivity contribution is 6.00. The van der Waals surface area contributed by atoms with Crippen LogP contribution in [0.25, 0.3) is 16.6 Å². The fraction of sp³-hybridized carbons (Fsp3) is 0.115. The largest absolute Gasteiger partial charge is 0.416 e. The van der Waals surface area contributed by atoms with Gasteiger partial charge in [0, 0.05) is 36.6 Å². The van der Waals surface area contributed by atoms with Crippen LogP contribution in [0.15, 0.2) is 73.3 Å². The monoisotopic (exact) mass is 541 g/mol. The Morgan fingerprint density at radius 3 is 2.41 bits per heavy atom. The summed E-state index contributed by atoms with van der Waals surface area (Å²) in [5.41, 5.74) is 6.28. The quantitative estimate of drug-likeness (QED) is 0.231. The number of hydrogen-bond acceptors (Lipinski definition) is 4. The Kier molecular flexibility index (Phi) is 6.64. The normalized spacial score (nSPS) is 11.6. The minimum absolute atomic E-state index is 0.192. The number of nitrogens with two attached hydrogens (primary N) is 1. The second kappa shape index (κ2) is 10.1. The average Bonchev–Trinajstić information content (AvgIpc) is 3.53. The first-order valence-electron chi connectivity index (χ1n) is 11.6. The van der Waals surface area contributed by atoms with Gasteiger partial charge in [0.05, 0.1) is 16.9 Å². The lowest BCUT2D eigenvalue weighted by Crippen LogP contribution is -2.21. The molecule has 200 valence electrons. The van der Waals surface area contributed by atoms with Gasteiger partial charge in [-0.15, -0.1) is 0 Å². The van der Waals surface area contributed by atoms with Crippen molar-refractivity contribution < 1.29 is 26.7 Å². The zero-order valence-corrected chi connectivity index (χ0v) is 20.0. The van der Waals surface area contributed by atoms with E-state index >= 15 is 4.39 Å². The summed E-state index contributed by atoms with van der Waals surface area (Å²) in [6.45, 7) is 0.668. The number of nitrogen functional groups attached to an aromatic ring is 1. The minimum atomic E-state index is -4.73. The molecule has 5 rings (SSSR count). The van der Waals surface area contributed by atoms with Gasteiger partial charge < -0.3 is 20.9 Å². The van der Waals surface area contributed by atoms with Gasteiger partial charge in [-0.1, -0.05) is 6.07 Å². The molecule has 0 bridgehead atoms. The maximum Gasteiger partial charge on any atom is 0.416 e. The zero-order valence-electron chi connectivity index (χ0n) is 20.0. The Morgan fingerprint density at radius 2 is 1.69 bits per heavy atom. The third-order valence-electron chi connectivity index (χ3n) is 6.02. The number of hydrogen-bond donors (Lipinski definition) is 3. The lowest BCUT2D eigenvalue weighted by Gasteiger charge is -2.12. The van der Waals surface area contributed by atoms with E-state index in [1.807, 2.05) is 40.5 Å². The zero-order chi connectivity index (χ0) is 27.7. The number of carbonyl (C=O) groups excluding carboxylic acids is 1. The number of carbonyl (C=O) groups is 1. The lowest BCUT2D eigenvalue weighted by molar-refractivity contribution is -0.137. The van der Waals surface area contributed by atoms with Crippen molar-refractivity contribution in [3.05, 3.63) is 96.2 Å². The van der Waals surface area contributed by atoms with Gasteiger partial charge in [-0.2, -0.15) is 18.3 Å². The van der Waals surface area contributed by atoms with E-state index in [1.54, 1.807) is 4.52 Å². The third kappa shape index (κ3) is 5.37. The molecule has 0 aliphatic carbocycles. The Balaban J connectivity index is 1.38. The number of aromatic nitrogens is 4. The van der Waals surface area contributed by atoms with Crippen LogP contribution in [0.1, 0.15) is 11.3 Å². The first-order valence-corrected chi connectivity index (χ1v) is 11.6. The highest BCUT2D eigenvalue weighted by atomic mass is 19.4. The van der Waals surface area contributed by atoms with Gasteiger partial charge in [-0.3, -0.25) is 0 Å². The van der Waals surface area contributed by atoms with Crippen LogP contribution >= 0.6 is 0 Å². The van der Waals surface area contributed by atoms with Gasteiger partial charge in [0.25, 0.3) is 0 Å². The molecule has 0 saturated carbocycles. The Morgan fingerprint density at radius 1 is 0.949 bits per heavy atom. The van der Waals surface area contributed by atoms with Crippen LogP contribution in [0.5, 0.6) is 0 Å². The van der Waals surface area contributed by atoms with Crippen molar-refractivity contribution in [1.82, 2.24) is 19.2 Å². The number of nitrogens with zero attached hydrogens (tertiary/aromatic N) is 4. The summed E-state index contributed by atoms with van der Waals surface area (Å²) >= 11 is 0. The van der Waals surface area contributed by atoms with Crippen molar-refractivity contribution in [2.45, 2.75) is 19.1 Å². The van der Waals surface area contributed by atoms with E-state index in [1.165, 1.54) is 18.5 Å². The number of rotatable bonds is 6. The molecule has 39 heavy (non-hydrogen) atoms. The molecule has 2 aromatic carbocycles. The van der Waals surface area contributed by atoms with Crippen molar-refractivity contribution in [2.75, 3.05) is 16.4 Å². The summed E-state index contributed by atoms with van der Waals surface area (Å²) in [6.07, 6.45) is 1.05. The fourth-order valence-corrected chi connectivity index (χ4v) is 4.15. The highest BCUT2D eigenvalue weighted by Gasteiger charge is 2.31. The topological polar surface area (TPSA) is 102 Å². The maximum atomic E-state index is 15.0. The smallest absolute Gasteiger partial charge is 0.382 e. The molecular weight excluding hydrogens is 521 g/mol. The van der Waals surface area contributed by atoms with Crippen LogP contribution in [-0.2, 0) is 19.1 Å². The molecule has 0 aliphatic rings. The van der Waals surface area contributed by atoms with E-state index in [-0.39, 0.29) is 11.5 Å². The van der Waals surface area contributed by atoms with E-state index in [2.05, 4.69) is 15.4 Å². The van der Waals surface area contributed by atoms with E-state index in [9.17, 15) is 22.4 Å². The molecule has 0 fully saturated rings. The average molecular weight is 541 g/mol. The SMILES string of the molecule is Nc1ncnn2c(CCn3cccc3)cc(-c3ccc(NC(=O)Nc4cc(C(F)(F)F)ccc4F)c(F)c3)c12. The van der Waals surface area contributed by atoms with Crippen molar-refractivity contribution in [2.24, 2.45) is 0 Å². The van der Waals surface area contributed by atoms with Gasteiger partial charge in [0.1, 0.15) is 23.5 Å². The first-order chi connectivity index (χ1) is 18.6. The van der Waals surface area contributed by atoms with E-state index < -0.39 is 35.1 Å². The number of fused-ring (bicyclic) bond motifs is 1. The van der Waals surface area contributed by atoms with Crippen LogP contribution in [0, 0.1) is 11.6 Å². The Hall–Kier alpha value is -4.94. The summed E-state index contributed by atoms with van der Waals surface area (Å²) in [5.74, 6) is -1.73. The Bertz CT molecular complexity index is 1660. The fourth-order valence-electron chi connectivity index (χ4n) is 4.15. The minimum Gasteiger partial charge on any atom is -0.382 e. The molecule has 0 radical (unpaired) electrons. The van der Waals surface area contributed by atoms with Crippen molar-refractivity contribution >= 4 is 28.7 Å². The van der Waals surface area contributed by atoms with Crippen molar-refractivity contribution in [1.29, 1.82) is 0 Å². The molecule has 2 amide bonds. The standard InChI is InChI=1S/C26H20F5N7O/c27-19-5-4-16(26(29,30)31)12-22(19)36-25(39)35-21-6-3-15(11-20(21)28)18-13-17(7-10-37-8-1-2-9-37)38-23(18)24(32)33-14-34-38/h1-6,8-9,11-14H,7,10H2,(H2,32,33,34)(H2,35,36,39). The van der Waals surface area contributed by atoms with Crippen LogP contribution in [0.3, 0.4) is 0 Å². The van der Waals surface area contributed by atoms with E-state index in [0.717, 1.165) is 11.8 Å². The Labute approximate surface area is 217 Å². The first kappa shape index (κ1) is 25.7. The molecule has 0 unspecified atom stereocenters. The van der Waals surface area contributed by atoms with Gasteiger partial charge in [-0.25, -0.2) is 23.1 Å². The molecule has 4 N–H and O–H groups in total. The number of alkyl halides is 3. The second-order valence-electron chi connectivity index (χ2n) is 8.59. The number of urea groups is 1. The summed E-state index contributed by atoms with van der Waals surface area (Å²) in [7, 11) is 0. The molecule has 0 atom stereocenters. The number of amides is 2. The number of benzene rings is 2. The molecule has 8 nitrogen and oxygen atoms in total. The molecule has 0 spiro atoms. The maximum absolute atomic E-state index is 15.0. The van der Waals surface area contributed by atoms with Crippen LogP contribution in [-0.4, -0.2) is 25.2 Å². The van der Waals surface area contributed by atoms with Crippen molar-refractivity contribution in [3.63, 3.8) is 0 Å². The molecular formula is C26H20F5N7O. The van der Waals surface area contributed by atoms with E-state index in [0.29, 0.717) is 47.8 Å². The van der Waals surface area contributed by atoms with Gasteiger partial charge in [-0.05, 0) is 54.1 Å². The van der Waals surface area contributed by atoms with Crippen molar-refractivity contribution in [3.8, 4) is 11.1 Å². The van der Waals surface area contributed by atoms with Gasteiger partial charge in [0.2, 0.25) is 0 Å². The highest BCUT2D eigenvalue weighted by Crippen LogP contribution is 2.34. The molecule has 0 aliphatic heterocycles. The summed E-state index contributed by atoms with van der Waals surface area (Å²) < 4.78 is 71.4. The summed E-state index contributed by atoms with van der Waals surface area (Å²) in [4.78, 5) is 16.4. The molecule has 13 heteroatoms. The number of aryl methyl sites for hydroxylation is 2. The lowest BCUT2D eigenvalue weighted by atomic mass is 10.1. The van der Waals surface area contributed by atoms with Crippen LogP contribution in [0.2, 0.25) is 0 Å². The van der Waals surface area contributed by atoms with E-state index in [4.69, 9.17) is 5.73 Å². The molecule has 3 heterocycles. The molecule has 0 saturated heterocycles. The second-order valence-corrected chi connectivity index (χ2v) is 8.59. The van der Waals surface area contributed by atoms with Gasteiger partial charge >= 0.3 is 12.2 Å². The number of halogens is 5. The predicted molar refractivity (Wildman–Crippen MR) is 135 cm³/mol. The van der Waals surface area contributed by atoms with Crippen LogP contribution < -0.4 is 16.4 Å². The third-order valence-corrected chi connectivity index (χ3v) is 6.02. The summed E-state index contributed by atoms with van der Waals surface area (Å²) in [6, 6.07) is 10.1. The molecule has 5 aromatic rings. The number of anilines is 3.